The molecule has 0 aromatic heterocycles. The Balaban J connectivity index is 1.92. The average molecular weight is 335 g/mol. The maximum Gasteiger partial charge on any atom is 0.319 e. The van der Waals surface area contributed by atoms with Crippen LogP contribution in [0.2, 0.25) is 0 Å². The van der Waals surface area contributed by atoms with Crippen LogP contribution in [-0.4, -0.2) is 53.5 Å². The predicted molar refractivity (Wildman–Crippen MR) is 94.9 cm³/mol. The van der Waals surface area contributed by atoms with Crippen LogP contribution in [0.3, 0.4) is 0 Å². The van der Waals surface area contributed by atoms with Crippen molar-refractivity contribution in [2.24, 2.45) is 0 Å². The number of para-hydroxylation sites is 1. The zero-order valence-electron chi connectivity index (χ0n) is 14.4. The van der Waals surface area contributed by atoms with Gasteiger partial charge >= 0.3 is 6.03 Å². The summed E-state index contributed by atoms with van der Waals surface area (Å²) in [6, 6.07) is 8.00. The Morgan fingerprint density at radius 2 is 2.00 bits per heavy atom. The van der Waals surface area contributed by atoms with Gasteiger partial charge in [0.05, 0.1) is 12.7 Å². The summed E-state index contributed by atoms with van der Waals surface area (Å²) in [7, 11) is 2.14. The molecule has 0 aliphatic heterocycles. The molecule has 1 aliphatic carbocycles. The molecule has 0 bridgehead atoms. The maximum atomic E-state index is 11.9. The molecule has 1 fully saturated rings. The molecule has 1 aliphatic rings. The molecule has 24 heavy (non-hydrogen) atoms. The van der Waals surface area contributed by atoms with Crippen molar-refractivity contribution in [3.63, 3.8) is 0 Å². The summed E-state index contributed by atoms with van der Waals surface area (Å²) in [6.07, 6.45) is 5.47. The lowest BCUT2D eigenvalue weighted by Crippen LogP contribution is -2.37. The Bertz CT molecular complexity index is 518. The Morgan fingerprint density at radius 3 is 2.71 bits per heavy atom. The molecule has 1 aromatic rings. The minimum atomic E-state index is -0.941. The molecule has 0 saturated heterocycles. The number of nitrogens with one attached hydrogen (secondary N) is 2. The third-order valence-corrected chi connectivity index (χ3v) is 4.59. The second kappa shape index (κ2) is 9.61. The molecule has 0 heterocycles. The summed E-state index contributed by atoms with van der Waals surface area (Å²) < 4.78 is 0. The van der Waals surface area contributed by atoms with Gasteiger partial charge in [-0.15, -0.1) is 0 Å². The highest BCUT2D eigenvalue weighted by atomic mass is 16.3. The van der Waals surface area contributed by atoms with Gasteiger partial charge in [-0.3, -0.25) is 4.90 Å². The number of anilines is 1. The Hall–Kier alpha value is -1.63. The fourth-order valence-electron chi connectivity index (χ4n) is 3.14. The molecule has 1 saturated carbocycles. The molecule has 0 spiro atoms. The lowest BCUT2D eigenvalue weighted by Gasteiger charge is -2.31. The van der Waals surface area contributed by atoms with Gasteiger partial charge < -0.3 is 20.8 Å². The lowest BCUT2D eigenvalue weighted by molar-refractivity contribution is 0.0965. The highest BCUT2D eigenvalue weighted by Gasteiger charge is 2.19. The maximum absolute atomic E-state index is 11.9. The van der Waals surface area contributed by atoms with Gasteiger partial charge in [-0.2, -0.15) is 0 Å². The summed E-state index contributed by atoms with van der Waals surface area (Å²) >= 11 is 0. The fourth-order valence-corrected chi connectivity index (χ4v) is 3.14. The lowest BCUT2D eigenvalue weighted by atomic mass is 9.94. The van der Waals surface area contributed by atoms with Gasteiger partial charge in [0.15, 0.2) is 0 Å². The third kappa shape index (κ3) is 5.78. The van der Waals surface area contributed by atoms with Crippen molar-refractivity contribution in [1.29, 1.82) is 0 Å². The van der Waals surface area contributed by atoms with Gasteiger partial charge in [0.2, 0.25) is 0 Å². The van der Waals surface area contributed by atoms with E-state index in [4.69, 9.17) is 5.11 Å². The van der Waals surface area contributed by atoms with Crippen molar-refractivity contribution < 1.29 is 15.0 Å². The summed E-state index contributed by atoms with van der Waals surface area (Å²) in [4.78, 5) is 14.3. The Labute approximate surface area is 143 Å². The smallest absolute Gasteiger partial charge is 0.319 e. The number of amides is 2. The highest BCUT2D eigenvalue weighted by molar-refractivity contribution is 5.90. The normalized spacial score (nSPS) is 16.8. The first kappa shape index (κ1) is 18.7. The second-order valence-corrected chi connectivity index (χ2v) is 6.54. The number of urea groups is 1. The van der Waals surface area contributed by atoms with E-state index in [1.165, 1.54) is 32.1 Å². The van der Waals surface area contributed by atoms with E-state index in [0.29, 0.717) is 6.04 Å². The number of benzene rings is 1. The molecule has 2 rings (SSSR count). The van der Waals surface area contributed by atoms with Crippen LogP contribution < -0.4 is 10.6 Å². The van der Waals surface area contributed by atoms with Crippen molar-refractivity contribution in [1.82, 2.24) is 10.2 Å². The second-order valence-electron chi connectivity index (χ2n) is 6.54. The quantitative estimate of drug-likeness (QED) is 0.613. The molecule has 0 unspecified atom stereocenters. The molecule has 134 valence electrons. The SMILES string of the molecule is CN(Cc1ccccc1NC(=O)NC[C@@H](O)CO)C1CCCCC1. The van der Waals surface area contributed by atoms with Crippen LogP contribution in [0.4, 0.5) is 10.5 Å². The van der Waals surface area contributed by atoms with Crippen molar-refractivity contribution in [2.45, 2.75) is 50.8 Å². The number of carbonyl (C=O) groups is 1. The summed E-state index contributed by atoms with van der Waals surface area (Å²) in [6.45, 7) is 0.440. The summed E-state index contributed by atoms with van der Waals surface area (Å²) in [5.41, 5.74) is 1.85. The predicted octanol–water partition coefficient (Wildman–Crippen LogP) is 1.93. The molecule has 0 radical (unpaired) electrons. The van der Waals surface area contributed by atoms with Crippen LogP contribution in [0, 0.1) is 0 Å². The monoisotopic (exact) mass is 335 g/mol. The van der Waals surface area contributed by atoms with Gasteiger partial charge in [0.1, 0.15) is 0 Å². The summed E-state index contributed by atoms with van der Waals surface area (Å²) in [5, 5.41) is 23.4. The van der Waals surface area contributed by atoms with Crippen LogP contribution >= 0.6 is 0 Å². The van der Waals surface area contributed by atoms with Crippen LogP contribution in [-0.2, 0) is 6.54 Å². The van der Waals surface area contributed by atoms with Crippen LogP contribution in [0.15, 0.2) is 24.3 Å². The Kier molecular flexibility index (Phi) is 7.49. The first-order chi connectivity index (χ1) is 11.6. The highest BCUT2D eigenvalue weighted by Crippen LogP contribution is 2.24. The number of hydrogen-bond donors (Lipinski definition) is 4. The average Bonchev–Trinajstić information content (AvgIpc) is 2.62. The minimum absolute atomic E-state index is 0.0203. The van der Waals surface area contributed by atoms with Crippen LogP contribution in [0.25, 0.3) is 0 Å². The number of rotatable bonds is 7. The summed E-state index contributed by atoms with van der Waals surface area (Å²) in [5.74, 6) is 0. The molecule has 2 amide bonds. The standard InChI is InChI=1S/C18H29N3O3/c1-21(15-8-3-2-4-9-15)12-14-7-5-6-10-17(14)20-18(24)19-11-16(23)13-22/h5-7,10,15-16,22-23H,2-4,8-9,11-13H2,1H3,(H2,19,20,24)/t16-/m1/s1. The molecule has 1 atom stereocenters. The van der Waals surface area contributed by atoms with Crippen molar-refractivity contribution in [3.05, 3.63) is 29.8 Å². The topological polar surface area (TPSA) is 84.8 Å². The molecule has 4 N–H and O–H groups in total. The molecular formula is C18H29N3O3. The van der Waals surface area contributed by atoms with Crippen LogP contribution in [0.1, 0.15) is 37.7 Å². The van der Waals surface area contributed by atoms with Crippen LogP contribution in [0.5, 0.6) is 0 Å². The van der Waals surface area contributed by atoms with E-state index in [-0.39, 0.29) is 19.2 Å². The number of aliphatic hydroxyl groups excluding tert-OH is 2. The first-order valence-corrected chi connectivity index (χ1v) is 8.72. The number of nitrogens with zero attached hydrogens (tertiary/aromatic N) is 1. The van der Waals surface area contributed by atoms with Gasteiger partial charge in [-0.1, -0.05) is 37.5 Å². The van der Waals surface area contributed by atoms with E-state index in [1.54, 1.807) is 0 Å². The van der Waals surface area contributed by atoms with E-state index in [1.807, 2.05) is 24.3 Å². The van der Waals surface area contributed by atoms with E-state index in [2.05, 4.69) is 22.6 Å². The minimum Gasteiger partial charge on any atom is -0.394 e. The Morgan fingerprint density at radius 1 is 1.29 bits per heavy atom. The molecule has 1 aromatic carbocycles. The van der Waals surface area contributed by atoms with E-state index in [0.717, 1.165) is 17.8 Å². The molecular weight excluding hydrogens is 306 g/mol. The van der Waals surface area contributed by atoms with E-state index >= 15 is 0 Å². The number of carbonyl (C=O) groups excluding carboxylic acids is 1. The fraction of sp³-hybridized carbons (Fsp3) is 0.611. The molecule has 6 heteroatoms. The van der Waals surface area contributed by atoms with Crippen molar-refractivity contribution in [3.8, 4) is 0 Å². The number of aliphatic hydroxyl groups is 2. The first-order valence-electron chi connectivity index (χ1n) is 8.72. The van der Waals surface area contributed by atoms with Gasteiger partial charge in [-0.05, 0) is 31.5 Å². The van der Waals surface area contributed by atoms with Gasteiger partial charge in [0.25, 0.3) is 0 Å². The van der Waals surface area contributed by atoms with Gasteiger partial charge in [0, 0.05) is 24.8 Å². The molecule has 6 nitrogen and oxygen atoms in total. The van der Waals surface area contributed by atoms with E-state index in [9.17, 15) is 9.90 Å². The zero-order valence-corrected chi connectivity index (χ0v) is 14.4. The largest absolute Gasteiger partial charge is 0.394 e. The van der Waals surface area contributed by atoms with Gasteiger partial charge in [-0.25, -0.2) is 4.79 Å². The zero-order chi connectivity index (χ0) is 17.4. The van der Waals surface area contributed by atoms with Crippen molar-refractivity contribution in [2.75, 3.05) is 25.5 Å². The number of hydrogen-bond acceptors (Lipinski definition) is 4. The third-order valence-electron chi connectivity index (χ3n) is 4.59. The van der Waals surface area contributed by atoms with E-state index < -0.39 is 6.10 Å². The van der Waals surface area contributed by atoms with Crippen molar-refractivity contribution >= 4 is 11.7 Å².